The zero-order chi connectivity index (χ0) is 29.2. The lowest BCUT2D eigenvalue weighted by Gasteiger charge is -2.63. The van der Waals surface area contributed by atoms with Gasteiger partial charge in [-0.2, -0.15) is 0 Å². The average Bonchev–Trinajstić information content (AvgIpc) is 3.72. The van der Waals surface area contributed by atoms with Crippen LogP contribution in [0.5, 0.6) is 11.5 Å². The van der Waals surface area contributed by atoms with Gasteiger partial charge in [0.05, 0.1) is 11.0 Å². The predicted octanol–water partition coefficient (Wildman–Crippen LogP) is 7.39. The monoisotopic (exact) mass is 579 g/mol. The van der Waals surface area contributed by atoms with Crippen LogP contribution in [-0.4, -0.2) is 53.6 Å². The van der Waals surface area contributed by atoms with E-state index in [9.17, 15) is 9.90 Å². The number of rotatable bonds is 17. The molecule has 3 fully saturated rings. The molecule has 0 amide bonds. The standard InChI is InChI=1S/C36H53NO5/c1-3-4-5-6-7-8-9-10-11-12-13-14-31(38)41-25-40-29-18-17-28-23-30-36(39)20-19-26(2)34-35(36,32(28)33(29)42-34)21-22-37(30)24-27-15-16-27/h17-18,27,30,34,39H,2-16,19-25H2,1H3/t30?,34-,35-,36+/m0/s1. The third-order valence-corrected chi connectivity index (χ3v) is 11.1. The molecule has 1 saturated heterocycles. The Labute approximate surface area is 253 Å². The summed E-state index contributed by atoms with van der Waals surface area (Å²) in [7, 11) is 0. The van der Waals surface area contributed by atoms with Gasteiger partial charge in [0.25, 0.3) is 0 Å². The lowest BCUT2D eigenvalue weighted by atomic mass is 9.48. The highest BCUT2D eigenvalue weighted by molar-refractivity contribution is 5.69. The normalized spacial score (nSPS) is 29.2. The fourth-order valence-corrected chi connectivity index (χ4v) is 8.66. The number of ether oxygens (including phenoxy) is 3. The van der Waals surface area contributed by atoms with Crippen molar-refractivity contribution in [2.45, 2.75) is 146 Å². The number of likely N-dealkylation sites (tertiary alicyclic amines) is 1. The number of aliphatic hydroxyl groups is 1. The zero-order valence-corrected chi connectivity index (χ0v) is 26.0. The van der Waals surface area contributed by atoms with Crippen LogP contribution in [0.4, 0.5) is 0 Å². The molecule has 6 nitrogen and oxygen atoms in total. The highest BCUT2D eigenvalue weighted by Crippen LogP contribution is 2.66. The molecule has 1 spiro atoms. The van der Waals surface area contributed by atoms with Crippen LogP contribution in [0.2, 0.25) is 0 Å². The molecule has 2 heterocycles. The molecule has 42 heavy (non-hydrogen) atoms. The number of benzene rings is 1. The molecule has 6 heteroatoms. The average molecular weight is 580 g/mol. The van der Waals surface area contributed by atoms with Crippen LogP contribution in [0, 0.1) is 5.92 Å². The Bertz CT molecular complexity index is 1130. The summed E-state index contributed by atoms with van der Waals surface area (Å²) in [5, 5.41) is 12.5. The largest absolute Gasteiger partial charge is 0.481 e. The lowest BCUT2D eigenvalue weighted by Crippen LogP contribution is -2.75. The molecule has 2 saturated carbocycles. The van der Waals surface area contributed by atoms with Crippen molar-refractivity contribution < 1.29 is 24.1 Å². The molecule has 1 N–H and O–H groups in total. The van der Waals surface area contributed by atoms with Crippen molar-refractivity contribution in [3.05, 3.63) is 35.4 Å². The number of hydrogen-bond acceptors (Lipinski definition) is 6. The van der Waals surface area contributed by atoms with E-state index in [1.807, 2.05) is 6.07 Å². The van der Waals surface area contributed by atoms with Gasteiger partial charge in [-0.05, 0) is 74.6 Å². The second kappa shape index (κ2) is 12.9. The predicted molar refractivity (Wildman–Crippen MR) is 165 cm³/mol. The molecule has 1 aromatic rings. The number of esters is 1. The van der Waals surface area contributed by atoms with Crippen LogP contribution in [0.1, 0.15) is 127 Å². The molecule has 4 atom stereocenters. The summed E-state index contributed by atoms with van der Waals surface area (Å²) >= 11 is 0. The molecule has 2 bridgehead atoms. The number of carbonyl (C=O) groups excluding carboxylic acids is 1. The van der Waals surface area contributed by atoms with Crippen molar-refractivity contribution in [2.24, 2.45) is 5.92 Å². The van der Waals surface area contributed by atoms with E-state index in [4.69, 9.17) is 14.2 Å². The lowest BCUT2D eigenvalue weighted by molar-refractivity contribution is -0.174. The van der Waals surface area contributed by atoms with Gasteiger partial charge in [-0.1, -0.05) is 83.8 Å². The van der Waals surface area contributed by atoms with Crippen molar-refractivity contribution in [1.82, 2.24) is 4.90 Å². The Balaban J connectivity index is 1.01. The van der Waals surface area contributed by atoms with Crippen LogP contribution in [0.25, 0.3) is 0 Å². The van der Waals surface area contributed by atoms with E-state index in [2.05, 4.69) is 24.5 Å². The minimum Gasteiger partial charge on any atom is -0.481 e. The van der Waals surface area contributed by atoms with Crippen LogP contribution in [0.15, 0.2) is 24.3 Å². The number of unbranched alkanes of at least 4 members (excludes halogenated alkanes) is 10. The zero-order valence-electron chi connectivity index (χ0n) is 26.0. The second-order valence-corrected chi connectivity index (χ2v) is 14.0. The van der Waals surface area contributed by atoms with E-state index < -0.39 is 11.0 Å². The van der Waals surface area contributed by atoms with Crippen molar-refractivity contribution in [1.29, 1.82) is 0 Å². The number of hydrogen-bond donors (Lipinski definition) is 1. The van der Waals surface area contributed by atoms with Crippen molar-refractivity contribution in [2.75, 3.05) is 19.9 Å². The third-order valence-electron chi connectivity index (χ3n) is 11.1. The number of piperidine rings is 1. The minimum absolute atomic E-state index is 0.118. The first-order valence-electron chi connectivity index (χ1n) is 17.2. The van der Waals surface area contributed by atoms with E-state index in [1.165, 1.54) is 76.2 Å². The van der Waals surface area contributed by atoms with E-state index in [0.29, 0.717) is 12.2 Å². The fourth-order valence-electron chi connectivity index (χ4n) is 8.66. The van der Waals surface area contributed by atoms with Crippen molar-refractivity contribution in [3.63, 3.8) is 0 Å². The van der Waals surface area contributed by atoms with E-state index in [1.54, 1.807) is 0 Å². The van der Waals surface area contributed by atoms with E-state index in [-0.39, 0.29) is 24.9 Å². The van der Waals surface area contributed by atoms with Crippen LogP contribution in [-0.2, 0) is 21.4 Å². The third kappa shape index (κ3) is 5.63. The summed E-state index contributed by atoms with van der Waals surface area (Å²) in [6, 6.07) is 4.24. The summed E-state index contributed by atoms with van der Waals surface area (Å²) in [6.45, 7) is 8.63. The summed E-state index contributed by atoms with van der Waals surface area (Å²) < 4.78 is 18.2. The summed E-state index contributed by atoms with van der Waals surface area (Å²) in [6.07, 6.45) is 19.9. The first kappa shape index (κ1) is 30.0. The number of nitrogens with zero attached hydrogens (tertiary/aromatic N) is 1. The Kier molecular flexibility index (Phi) is 9.21. The molecule has 6 rings (SSSR count). The van der Waals surface area contributed by atoms with Gasteiger partial charge in [-0.25, -0.2) is 0 Å². The Morgan fingerprint density at radius 3 is 2.48 bits per heavy atom. The molecule has 1 unspecified atom stereocenters. The highest BCUT2D eigenvalue weighted by atomic mass is 16.7. The van der Waals surface area contributed by atoms with Crippen molar-refractivity contribution in [3.8, 4) is 11.5 Å². The van der Waals surface area contributed by atoms with Crippen LogP contribution >= 0.6 is 0 Å². The molecular formula is C36H53NO5. The smallest absolute Gasteiger partial charge is 0.308 e. The molecule has 2 aliphatic heterocycles. The van der Waals surface area contributed by atoms with Gasteiger partial charge >= 0.3 is 5.97 Å². The molecule has 3 aliphatic carbocycles. The first-order chi connectivity index (χ1) is 20.5. The van der Waals surface area contributed by atoms with Crippen molar-refractivity contribution >= 4 is 5.97 Å². The maximum atomic E-state index is 12.5. The van der Waals surface area contributed by atoms with Crippen LogP contribution < -0.4 is 9.47 Å². The first-order valence-corrected chi connectivity index (χ1v) is 17.2. The summed E-state index contributed by atoms with van der Waals surface area (Å²) in [4.78, 5) is 15.0. The van der Waals surface area contributed by atoms with Gasteiger partial charge in [-0.3, -0.25) is 9.69 Å². The Morgan fingerprint density at radius 2 is 1.76 bits per heavy atom. The Hall–Kier alpha value is -2.05. The SMILES string of the molecule is C=C1CC[C@@]2(O)C3Cc4ccc(OCOC(=O)CCCCCCCCCCCCC)c5c4[C@@]2(CCN3CC2CC2)[C@H]1O5. The topological polar surface area (TPSA) is 68.2 Å². The Morgan fingerprint density at radius 1 is 1.05 bits per heavy atom. The quantitative estimate of drug-likeness (QED) is 0.0899. The van der Waals surface area contributed by atoms with Gasteiger partial charge in [0.2, 0.25) is 6.79 Å². The summed E-state index contributed by atoms with van der Waals surface area (Å²) in [5.74, 6) is 1.92. The maximum absolute atomic E-state index is 12.5. The van der Waals surface area contributed by atoms with Gasteiger partial charge in [0.1, 0.15) is 6.10 Å². The molecular weight excluding hydrogens is 526 g/mol. The molecule has 0 aromatic heterocycles. The fraction of sp³-hybridized carbons (Fsp3) is 0.750. The highest BCUT2D eigenvalue weighted by Gasteiger charge is 2.72. The molecule has 0 radical (unpaired) electrons. The van der Waals surface area contributed by atoms with E-state index >= 15 is 0 Å². The molecule has 1 aromatic carbocycles. The number of carbonyl (C=O) groups is 1. The van der Waals surface area contributed by atoms with E-state index in [0.717, 1.165) is 74.4 Å². The van der Waals surface area contributed by atoms with Gasteiger partial charge in [-0.15, -0.1) is 0 Å². The van der Waals surface area contributed by atoms with Gasteiger partial charge < -0.3 is 19.3 Å². The molecule has 5 aliphatic rings. The van der Waals surface area contributed by atoms with Gasteiger partial charge in [0.15, 0.2) is 11.5 Å². The maximum Gasteiger partial charge on any atom is 0.308 e. The summed E-state index contributed by atoms with van der Waals surface area (Å²) in [5.41, 5.74) is 2.16. The van der Waals surface area contributed by atoms with Crippen LogP contribution in [0.3, 0.4) is 0 Å². The second-order valence-electron chi connectivity index (χ2n) is 14.0. The minimum atomic E-state index is -0.829. The van der Waals surface area contributed by atoms with Gasteiger partial charge in [0, 0.05) is 24.6 Å². The molecule has 232 valence electrons.